The number of unbranched alkanes of at least 4 members (excludes halogenated alkanes) is 9. The van der Waals surface area contributed by atoms with Crippen LogP contribution in [0.4, 0.5) is 0 Å². The van der Waals surface area contributed by atoms with E-state index in [1.807, 2.05) is 0 Å². The molecular weight excluding hydrogens is 455 g/mol. The number of hydrogen-bond acceptors (Lipinski definition) is 4. The molecule has 0 N–H and O–H groups in total. The number of phosphoric ester groups is 1. The highest BCUT2D eigenvalue weighted by molar-refractivity contribution is 7.48. The van der Waals surface area contributed by atoms with Gasteiger partial charge in [0, 0.05) is 19.3 Å². The van der Waals surface area contributed by atoms with E-state index in [1.165, 1.54) is 0 Å². The third-order valence-electron chi connectivity index (χ3n) is 5.81. The Bertz CT molecular complexity index is 551. The van der Waals surface area contributed by atoms with Gasteiger partial charge < -0.3 is 13.6 Å². The summed E-state index contributed by atoms with van der Waals surface area (Å²) in [4.78, 5) is 0. The van der Waals surface area contributed by atoms with E-state index in [2.05, 4.69) is 59.8 Å². The molecule has 0 heterocycles. The van der Waals surface area contributed by atoms with E-state index in [4.69, 9.17) is 13.6 Å². The first-order valence-corrected chi connectivity index (χ1v) is 16.2. The normalized spacial score (nSPS) is 13.3. The summed E-state index contributed by atoms with van der Waals surface area (Å²) in [6.07, 6.45) is 24.0. The van der Waals surface area contributed by atoms with E-state index in [0.717, 1.165) is 133 Å². The lowest BCUT2D eigenvalue weighted by Crippen LogP contribution is -2.03. The Labute approximate surface area is 218 Å². The second kappa shape index (κ2) is 23.3. The van der Waals surface area contributed by atoms with Crippen molar-refractivity contribution in [3.63, 3.8) is 0 Å². The van der Waals surface area contributed by atoms with Crippen LogP contribution >= 0.6 is 7.82 Å². The molecule has 0 saturated heterocycles. The van der Waals surface area contributed by atoms with Gasteiger partial charge in [0.1, 0.15) is 17.3 Å². The maximum atomic E-state index is 14.2. The third kappa shape index (κ3) is 18.7. The minimum atomic E-state index is -3.86. The highest BCUT2D eigenvalue weighted by Crippen LogP contribution is 2.56. The zero-order chi connectivity index (χ0) is 26.2. The molecule has 0 amide bonds. The molecule has 0 unspecified atom stereocenters. The summed E-state index contributed by atoms with van der Waals surface area (Å²) in [7, 11) is -3.86. The molecule has 0 aliphatic heterocycles. The molecule has 4 nitrogen and oxygen atoms in total. The van der Waals surface area contributed by atoms with Crippen LogP contribution in [0, 0.1) is 0 Å². The fourth-order valence-corrected chi connectivity index (χ4v) is 4.97. The summed E-state index contributed by atoms with van der Waals surface area (Å²) in [5.41, 5.74) is 0. The lowest BCUT2D eigenvalue weighted by atomic mass is 10.2. The molecule has 0 atom stereocenters. The summed E-state index contributed by atoms with van der Waals surface area (Å²) in [5, 5.41) is 0. The highest BCUT2D eigenvalue weighted by atomic mass is 31.2. The maximum absolute atomic E-state index is 14.2. The number of hydrogen-bond donors (Lipinski definition) is 0. The van der Waals surface area contributed by atoms with Crippen molar-refractivity contribution in [2.75, 3.05) is 0 Å². The lowest BCUT2D eigenvalue weighted by molar-refractivity contribution is 0.180. The third-order valence-corrected chi connectivity index (χ3v) is 7.18. The number of allylic oxidation sites excluding steroid dienone is 6. The maximum Gasteiger partial charge on any atom is 0.646 e. The second-order valence-corrected chi connectivity index (χ2v) is 10.9. The summed E-state index contributed by atoms with van der Waals surface area (Å²) in [6, 6.07) is 0. The van der Waals surface area contributed by atoms with Gasteiger partial charge >= 0.3 is 7.82 Å². The lowest BCUT2D eigenvalue weighted by Gasteiger charge is -2.24. The van der Waals surface area contributed by atoms with Gasteiger partial charge in [0.05, 0.1) is 0 Å². The Balaban J connectivity index is 6.04. The molecule has 206 valence electrons. The largest absolute Gasteiger partial charge is 0.646 e. The Hall–Kier alpha value is -1.15. The van der Waals surface area contributed by atoms with Crippen molar-refractivity contribution in [2.45, 2.75) is 157 Å². The van der Waals surface area contributed by atoms with Crippen LogP contribution in [0.1, 0.15) is 157 Å². The van der Waals surface area contributed by atoms with Crippen LogP contribution in [0.2, 0.25) is 0 Å². The molecule has 0 aromatic rings. The molecule has 5 heteroatoms. The predicted molar refractivity (Wildman–Crippen MR) is 152 cm³/mol. The van der Waals surface area contributed by atoms with Crippen LogP contribution < -0.4 is 0 Å². The zero-order valence-corrected chi connectivity index (χ0v) is 24.9. The smallest absolute Gasteiger partial charge is 0.391 e. The number of phosphoric acid groups is 1. The van der Waals surface area contributed by atoms with Crippen molar-refractivity contribution in [3.8, 4) is 0 Å². The molecule has 0 aromatic carbocycles. The Kier molecular flexibility index (Phi) is 22.5. The van der Waals surface area contributed by atoms with E-state index in [0.29, 0.717) is 0 Å². The summed E-state index contributed by atoms with van der Waals surface area (Å²) >= 11 is 0. The molecule has 35 heavy (non-hydrogen) atoms. The van der Waals surface area contributed by atoms with Gasteiger partial charge in [0.15, 0.2) is 0 Å². The van der Waals surface area contributed by atoms with Gasteiger partial charge in [-0.1, -0.05) is 80.1 Å². The summed E-state index contributed by atoms with van der Waals surface area (Å²) in [6.45, 7) is 13.0. The molecule has 0 rings (SSSR count). The molecule has 0 saturated carbocycles. The average Bonchev–Trinajstić information content (AvgIpc) is 2.84. The van der Waals surface area contributed by atoms with Gasteiger partial charge in [-0.05, 0) is 76.0 Å². The van der Waals surface area contributed by atoms with Crippen LogP contribution in [0.3, 0.4) is 0 Å². The van der Waals surface area contributed by atoms with Crippen LogP contribution in [-0.2, 0) is 18.1 Å². The van der Waals surface area contributed by atoms with E-state index in [1.54, 1.807) is 0 Å². The molecule has 0 fully saturated rings. The zero-order valence-electron chi connectivity index (χ0n) is 24.0. The Morgan fingerprint density at radius 2 is 0.743 bits per heavy atom. The van der Waals surface area contributed by atoms with Crippen LogP contribution in [0.25, 0.3) is 0 Å². The molecule has 0 radical (unpaired) electrons. The first-order chi connectivity index (χ1) is 17.0. The molecule has 0 aliphatic carbocycles. The second-order valence-electron chi connectivity index (χ2n) is 9.47. The number of rotatable bonds is 24. The predicted octanol–water partition coefficient (Wildman–Crippen LogP) is 11.9. The Morgan fingerprint density at radius 1 is 0.486 bits per heavy atom. The Morgan fingerprint density at radius 3 is 0.971 bits per heavy atom. The minimum Gasteiger partial charge on any atom is -0.391 e. The van der Waals surface area contributed by atoms with Crippen molar-refractivity contribution in [2.24, 2.45) is 0 Å². The molecule has 0 aliphatic rings. The molecule has 0 spiro atoms. The molecular formula is C30H57O4P. The first kappa shape index (κ1) is 33.8. The van der Waals surface area contributed by atoms with Gasteiger partial charge in [-0.2, -0.15) is 4.57 Å². The highest BCUT2D eigenvalue weighted by Gasteiger charge is 2.35. The van der Waals surface area contributed by atoms with E-state index < -0.39 is 7.82 Å². The fourth-order valence-electron chi connectivity index (χ4n) is 3.50. The van der Waals surface area contributed by atoms with Crippen molar-refractivity contribution >= 4 is 7.82 Å². The van der Waals surface area contributed by atoms with Crippen molar-refractivity contribution in [1.82, 2.24) is 0 Å². The van der Waals surface area contributed by atoms with Crippen molar-refractivity contribution in [3.05, 3.63) is 35.5 Å². The molecule has 0 bridgehead atoms. The average molecular weight is 513 g/mol. The van der Waals surface area contributed by atoms with Crippen molar-refractivity contribution in [1.29, 1.82) is 0 Å². The monoisotopic (exact) mass is 512 g/mol. The van der Waals surface area contributed by atoms with Gasteiger partial charge in [0.2, 0.25) is 0 Å². The SMILES string of the molecule is CCCC/C=C(/CCCC)OP(=O)(O/C(=C\CCCC)CCCC)O/C(=C\CCCC)CCCC. The van der Waals surface area contributed by atoms with Crippen LogP contribution in [0.15, 0.2) is 35.5 Å². The van der Waals surface area contributed by atoms with Gasteiger partial charge in [-0.3, -0.25) is 0 Å². The van der Waals surface area contributed by atoms with Gasteiger partial charge in [-0.25, -0.2) is 0 Å². The fraction of sp³-hybridized carbons (Fsp3) is 0.800. The van der Waals surface area contributed by atoms with Crippen molar-refractivity contribution < 1.29 is 18.1 Å². The minimum absolute atomic E-state index is 0.746. The summed E-state index contributed by atoms with van der Waals surface area (Å²) < 4.78 is 32.9. The van der Waals surface area contributed by atoms with Gasteiger partial charge in [0.25, 0.3) is 0 Å². The van der Waals surface area contributed by atoms with E-state index in [-0.39, 0.29) is 0 Å². The van der Waals surface area contributed by atoms with Crippen LogP contribution in [-0.4, -0.2) is 0 Å². The van der Waals surface area contributed by atoms with E-state index >= 15 is 0 Å². The van der Waals surface area contributed by atoms with E-state index in [9.17, 15) is 4.57 Å². The quantitative estimate of drug-likeness (QED) is 0.0732. The molecule has 0 aromatic heterocycles. The van der Waals surface area contributed by atoms with Crippen LogP contribution in [0.5, 0.6) is 0 Å². The van der Waals surface area contributed by atoms with Gasteiger partial charge in [-0.15, -0.1) is 0 Å². The summed E-state index contributed by atoms with van der Waals surface area (Å²) in [5.74, 6) is 2.24. The first-order valence-electron chi connectivity index (χ1n) is 14.7. The topological polar surface area (TPSA) is 44.8 Å². The standard InChI is InChI=1S/C30H57O4P/c1-7-13-19-25-28(22-16-10-4)32-35(31,33-29(23-17-11-5)26-20-14-8-2)34-30(24-18-12-6)27-21-15-9-3/h25-27H,7-24H2,1-6H3/b28-25-,29-26-,30-27-.